The fourth-order valence-corrected chi connectivity index (χ4v) is 3.68. The van der Waals surface area contributed by atoms with Crippen LogP contribution in [0.3, 0.4) is 0 Å². The van der Waals surface area contributed by atoms with Gasteiger partial charge >= 0.3 is 0 Å². The highest BCUT2D eigenvalue weighted by atomic mass is 16.3. The van der Waals surface area contributed by atoms with Crippen LogP contribution in [-0.2, 0) is 13.0 Å². The number of benzene rings is 1. The number of aliphatic hydroxyl groups excluding tert-OH is 1. The van der Waals surface area contributed by atoms with E-state index in [1.165, 1.54) is 53.5 Å². The fraction of sp³-hybridized carbons (Fsp3) is 0.556. The van der Waals surface area contributed by atoms with Crippen molar-refractivity contribution in [2.24, 2.45) is 0 Å². The van der Waals surface area contributed by atoms with Gasteiger partial charge in [0.2, 0.25) is 0 Å². The molecule has 0 radical (unpaired) electrons. The van der Waals surface area contributed by atoms with Crippen LogP contribution in [0.5, 0.6) is 0 Å². The van der Waals surface area contributed by atoms with E-state index in [1.54, 1.807) is 0 Å². The van der Waals surface area contributed by atoms with E-state index in [9.17, 15) is 5.11 Å². The summed E-state index contributed by atoms with van der Waals surface area (Å²) in [4.78, 5) is 2.57. The zero-order valence-electron chi connectivity index (χ0n) is 13.2. The number of likely N-dealkylation sites (tertiary alicyclic amines) is 1. The second kappa shape index (κ2) is 6.20. The predicted molar refractivity (Wildman–Crippen MR) is 87.9 cm³/mol. The summed E-state index contributed by atoms with van der Waals surface area (Å²) >= 11 is 0. The molecule has 1 aliphatic heterocycles. The summed E-state index contributed by atoms with van der Waals surface area (Å²) in [7, 11) is 0. The van der Waals surface area contributed by atoms with Crippen molar-refractivity contribution >= 4 is 10.9 Å². The van der Waals surface area contributed by atoms with Gasteiger partial charge in [0.15, 0.2) is 0 Å². The molecule has 0 unspecified atom stereocenters. The number of aromatic nitrogens is 1. The summed E-state index contributed by atoms with van der Waals surface area (Å²) in [6, 6.07) is 4.52. The first kappa shape index (κ1) is 14.6. The normalized spacial score (nSPS) is 16.1. The van der Waals surface area contributed by atoms with Gasteiger partial charge in [-0.25, -0.2) is 0 Å². The molecular weight excluding hydrogens is 260 g/mol. The first-order valence-corrected chi connectivity index (χ1v) is 8.11. The molecule has 1 fully saturated rings. The Balaban J connectivity index is 1.93. The van der Waals surface area contributed by atoms with Crippen LogP contribution in [0.25, 0.3) is 10.9 Å². The van der Waals surface area contributed by atoms with E-state index >= 15 is 0 Å². The minimum Gasteiger partial charge on any atom is -0.395 e. The highest BCUT2D eigenvalue weighted by Crippen LogP contribution is 2.27. The van der Waals surface area contributed by atoms with Gasteiger partial charge in [0.25, 0.3) is 0 Å². The van der Waals surface area contributed by atoms with E-state index < -0.39 is 0 Å². The number of aryl methyl sites for hydroxylation is 2. The number of rotatable bonds is 5. The Morgan fingerprint density at radius 3 is 2.57 bits per heavy atom. The molecule has 2 heterocycles. The maximum atomic E-state index is 9.30. The predicted octanol–water partition coefficient (Wildman–Crippen LogP) is 2.89. The maximum Gasteiger partial charge on any atom is 0.0610 e. The van der Waals surface area contributed by atoms with Crippen molar-refractivity contribution in [3.05, 3.63) is 35.0 Å². The van der Waals surface area contributed by atoms with Crippen molar-refractivity contribution in [3.8, 4) is 0 Å². The van der Waals surface area contributed by atoms with E-state index in [0.29, 0.717) is 6.54 Å². The Bertz CT molecular complexity index is 624. The first-order chi connectivity index (χ1) is 10.2. The van der Waals surface area contributed by atoms with Gasteiger partial charge < -0.3 is 14.6 Å². The Hall–Kier alpha value is -1.32. The summed E-state index contributed by atoms with van der Waals surface area (Å²) in [6.07, 6.45) is 6.07. The second-order valence-electron chi connectivity index (χ2n) is 6.35. The van der Waals surface area contributed by atoms with Gasteiger partial charge in [-0.1, -0.05) is 6.07 Å². The third kappa shape index (κ3) is 2.99. The van der Waals surface area contributed by atoms with Crippen molar-refractivity contribution in [1.29, 1.82) is 0 Å². The highest BCUT2D eigenvalue weighted by Gasteiger charge is 2.15. The minimum absolute atomic E-state index is 0.197. The lowest BCUT2D eigenvalue weighted by atomic mass is 10.0. The van der Waals surface area contributed by atoms with Crippen LogP contribution in [0.2, 0.25) is 0 Å². The molecule has 0 spiro atoms. The van der Waals surface area contributed by atoms with Crippen LogP contribution in [0.1, 0.15) is 29.5 Å². The van der Waals surface area contributed by atoms with E-state index in [1.807, 2.05) is 0 Å². The molecular formula is C18H26N2O. The summed E-state index contributed by atoms with van der Waals surface area (Å²) < 4.78 is 2.22. The number of hydrogen-bond acceptors (Lipinski definition) is 2. The highest BCUT2D eigenvalue weighted by molar-refractivity contribution is 5.88. The third-order valence-corrected chi connectivity index (χ3v) is 4.64. The molecule has 2 aromatic rings. The molecule has 0 amide bonds. The SMILES string of the molecule is Cc1cc(C)c2c(CCN3CCCC3)cn(CCO)c2c1. The molecule has 3 heteroatoms. The average Bonchev–Trinajstić information content (AvgIpc) is 3.05. The van der Waals surface area contributed by atoms with E-state index in [4.69, 9.17) is 0 Å². The Morgan fingerprint density at radius 1 is 1.10 bits per heavy atom. The molecule has 1 aromatic carbocycles. The van der Waals surface area contributed by atoms with Gasteiger partial charge in [-0.05, 0) is 69.0 Å². The topological polar surface area (TPSA) is 28.4 Å². The molecule has 0 aliphatic carbocycles. The van der Waals surface area contributed by atoms with Crippen molar-refractivity contribution in [1.82, 2.24) is 9.47 Å². The lowest BCUT2D eigenvalue weighted by Gasteiger charge is -2.14. The van der Waals surface area contributed by atoms with Crippen molar-refractivity contribution in [2.75, 3.05) is 26.2 Å². The van der Waals surface area contributed by atoms with Crippen molar-refractivity contribution < 1.29 is 5.11 Å². The first-order valence-electron chi connectivity index (χ1n) is 8.11. The summed E-state index contributed by atoms with van der Waals surface area (Å²) in [6.45, 7) is 8.91. The van der Waals surface area contributed by atoms with Gasteiger partial charge in [0.1, 0.15) is 0 Å². The molecule has 21 heavy (non-hydrogen) atoms. The number of fused-ring (bicyclic) bond motifs is 1. The summed E-state index contributed by atoms with van der Waals surface area (Å²) in [5.41, 5.74) is 5.36. The number of nitrogens with zero attached hydrogens (tertiary/aromatic N) is 2. The quantitative estimate of drug-likeness (QED) is 0.915. The Kier molecular flexibility index (Phi) is 4.32. The van der Waals surface area contributed by atoms with Crippen LogP contribution in [0, 0.1) is 13.8 Å². The third-order valence-electron chi connectivity index (χ3n) is 4.64. The number of aliphatic hydroxyl groups is 1. The average molecular weight is 286 g/mol. The Morgan fingerprint density at radius 2 is 1.86 bits per heavy atom. The molecule has 1 N–H and O–H groups in total. The molecule has 0 saturated carbocycles. The molecule has 114 valence electrons. The van der Waals surface area contributed by atoms with Gasteiger partial charge in [-0.3, -0.25) is 0 Å². The molecule has 3 nitrogen and oxygen atoms in total. The van der Waals surface area contributed by atoms with Crippen LogP contribution in [0.15, 0.2) is 18.3 Å². The largest absolute Gasteiger partial charge is 0.395 e. The Labute approximate surface area is 127 Å². The fourth-order valence-electron chi connectivity index (χ4n) is 3.68. The molecule has 0 bridgehead atoms. The maximum absolute atomic E-state index is 9.30. The smallest absolute Gasteiger partial charge is 0.0610 e. The zero-order valence-corrected chi connectivity index (χ0v) is 13.2. The summed E-state index contributed by atoms with van der Waals surface area (Å²) in [5.74, 6) is 0. The van der Waals surface area contributed by atoms with Crippen LogP contribution in [0.4, 0.5) is 0 Å². The van der Waals surface area contributed by atoms with Crippen molar-refractivity contribution in [3.63, 3.8) is 0 Å². The van der Waals surface area contributed by atoms with Gasteiger partial charge in [-0.2, -0.15) is 0 Å². The monoisotopic (exact) mass is 286 g/mol. The zero-order chi connectivity index (χ0) is 14.8. The molecule has 0 atom stereocenters. The van der Waals surface area contributed by atoms with Crippen LogP contribution in [-0.4, -0.2) is 40.8 Å². The molecule has 1 aliphatic rings. The second-order valence-corrected chi connectivity index (χ2v) is 6.35. The number of hydrogen-bond donors (Lipinski definition) is 1. The van der Waals surface area contributed by atoms with E-state index in [-0.39, 0.29) is 6.61 Å². The lowest BCUT2D eigenvalue weighted by molar-refractivity contribution is 0.278. The van der Waals surface area contributed by atoms with Crippen LogP contribution < -0.4 is 0 Å². The van der Waals surface area contributed by atoms with Gasteiger partial charge in [0.05, 0.1) is 6.61 Å². The van der Waals surface area contributed by atoms with Crippen molar-refractivity contribution in [2.45, 2.75) is 39.7 Å². The van der Waals surface area contributed by atoms with Gasteiger partial charge in [0, 0.05) is 30.2 Å². The standard InChI is InChI=1S/C18H26N2O/c1-14-11-15(2)18-16(5-8-19-6-3-4-7-19)13-20(9-10-21)17(18)12-14/h11-13,21H,3-10H2,1-2H3. The minimum atomic E-state index is 0.197. The van der Waals surface area contributed by atoms with Gasteiger partial charge in [-0.15, -0.1) is 0 Å². The lowest BCUT2D eigenvalue weighted by Crippen LogP contribution is -2.21. The van der Waals surface area contributed by atoms with E-state index in [2.05, 4.69) is 41.6 Å². The molecule has 1 aromatic heterocycles. The molecule has 1 saturated heterocycles. The summed E-state index contributed by atoms with van der Waals surface area (Å²) in [5, 5.41) is 10.7. The van der Waals surface area contributed by atoms with Crippen LogP contribution >= 0.6 is 0 Å². The molecule has 3 rings (SSSR count). The van der Waals surface area contributed by atoms with E-state index in [0.717, 1.165) is 13.0 Å².